The number of likely N-dealkylation sites (N-methyl/N-ethyl adjacent to an activating group) is 1. The fourth-order valence-electron chi connectivity index (χ4n) is 3.77. The van der Waals surface area contributed by atoms with Crippen LogP contribution in [0, 0.1) is 11.7 Å². The molecule has 132 valence electrons. The molecular weight excluding hydrogens is 301 g/mol. The second kappa shape index (κ2) is 9.00. The number of amides is 1. The number of nitrogens with zero attached hydrogens (tertiary/aromatic N) is 1. The highest BCUT2D eigenvalue weighted by Crippen LogP contribution is 2.39. The maximum absolute atomic E-state index is 14.5. The van der Waals surface area contributed by atoms with Gasteiger partial charge in [0.05, 0.1) is 0 Å². The number of carbonyl (C=O) groups is 1. The zero-order valence-corrected chi connectivity index (χ0v) is 15.1. The number of carbonyl (C=O) groups excluding carboxylic acids is 1. The lowest BCUT2D eigenvalue weighted by atomic mass is 9.77. The second-order valence-electron chi connectivity index (χ2n) is 7.02. The Labute approximate surface area is 145 Å². The van der Waals surface area contributed by atoms with Gasteiger partial charge in [-0.2, -0.15) is 0 Å². The molecule has 3 heteroatoms. The van der Waals surface area contributed by atoms with Gasteiger partial charge >= 0.3 is 0 Å². The average molecular weight is 331 g/mol. The van der Waals surface area contributed by atoms with Gasteiger partial charge in [0.25, 0.3) is 0 Å². The maximum Gasteiger partial charge on any atom is 0.250 e. The fourth-order valence-corrected chi connectivity index (χ4v) is 3.77. The summed E-state index contributed by atoms with van der Waals surface area (Å²) in [6.45, 7) is 5.71. The van der Waals surface area contributed by atoms with Gasteiger partial charge in [0.1, 0.15) is 5.82 Å². The average Bonchev–Trinajstić information content (AvgIpc) is 2.61. The Morgan fingerprint density at radius 1 is 1.29 bits per heavy atom. The first-order valence-electron chi connectivity index (χ1n) is 9.26. The quantitative estimate of drug-likeness (QED) is 0.455. The molecule has 0 heterocycles. The van der Waals surface area contributed by atoms with E-state index in [1.165, 1.54) is 55.6 Å². The van der Waals surface area contributed by atoms with Gasteiger partial charge < -0.3 is 4.90 Å². The van der Waals surface area contributed by atoms with E-state index < -0.39 is 0 Å². The van der Waals surface area contributed by atoms with Gasteiger partial charge in [-0.25, -0.2) is 4.39 Å². The standard InChI is InChI=1S/C21H30FNO/c1-4-6-7-8-16-9-11-17(12-10-16)19-14-13-18(15-20(19)22)23(3)21(24)5-2/h5,13-17H,2,4,6-12H2,1,3H3. The van der Waals surface area contributed by atoms with Crippen LogP contribution in [0.5, 0.6) is 0 Å². The Morgan fingerprint density at radius 3 is 2.58 bits per heavy atom. The van der Waals surface area contributed by atoms with Crippen LogP contribution >= 0.6 is 0 Å². The summed E-state index contributed by atoms with van der Waals surface area (Å²) in [5.74, 6) is 0.730. The summed E-state index contributed by atoms with van der Waals surface area (Å²) in [6.07, 6.45) is 11.1. The second-order valence-corrected chi connectivity index (χ2v) is 7.02. The topological polar surface area (TPSA) is 20.3 Å². The molecule has 0 saturated heterocycles. The van der Waals surface area contributed by atoms with Crippen LogP contribution in [-0.4, -0.2) is 13.0 Å². The molecule has 0 atom stereocenters. The number of rotatable bonds is 7. The minimum Gasteiger partial charge on any atom is -0.312 e. The van der Waals surface area contributed by atoms with Crippen molar-refractivity contribution in [3.8, 4) is 0 Å². The zero-order valence-electron chi connectivity index (χ0n) is 15.1. The van der Waals surface area contributed by atoms with Crippen molar-refractivity contribution in [2.24, 2.45) is 5.92 Å². The van der Waals surface area contributed by atoms with Gasteiger partial charge in [0, 0.05) is 12.7 Å². The molecule has 24 heavy (non-hydrogen) atoms. The van der Waals surface area contributed by atoms with Gasteiger partial charge in [0.2, 0.25) is 5.91 Å². The summed E-state index contributed by atoms with van der Waals surface area (Å²) >= 11 is 0. The van der Waals surface area contributed by atoms with Crippen LogP contribution in [0.2, 0.25) is 0 Å². The van der Waals surface area contributed by atoms with Crippen molar-refractivity contribution in [2.75, 3.05) is 11.9 Å². The maximum atomic E-state index is 14.5. The molecule has 0 spiro atoms. The molecule has 2 nitrogen and oxygen atoms in total. The molecule has 1 aromatic rings. The van der Waals surface area contributed by atoms with Gasteiger partial charge in [-0.15, -0.1) is 0 Å². The third-order valence-electron chi connectivity index (χ3n) is 5.38. The molecule has 0 bridgehead atoms. The van der Waals surface area contributed by atoms with E-state index in [2.05, 4.69) is 13.5 Å². The number of halogens is 1. The summed E-state index contributed by atoms with van der Waals surface area (Å²) in [7, 11) is 1.64. The molecule has 0 N–H and O–H groups in total. The molecule has 1 aliphatic carbocycles. The number of hydrogen-bond acceptors (Lipinski definition) is 1. The Bertz CT molecular complexity index is 561. The predicted molar refractivity (Wildman–Crippen MR) is 98.8 cm³/mol. The van der Waals surface area contributed by atoms with Crippen molar-refractivity contribution >= 4 is 11.6 Å². The Morgan fingerprint density at radius 2 is 2.00 bits per heavy atom. The van der Waals surface area contributed by atoms with Crippen LogP contribution in [0.15, 0.2) is 30.9 Å². The third kappa shape index (κ3) is 4.68. The predicted octanol–water partition coefficient (Wildman–Crippen LogP) is 5.83. The van der Waals surface area contributed by atoms with Crippen LogP contribution in [0.25, 0.3) is 0 Å². The van der Waals surface area contributed by atoms with Crippen LogP contribution in [-0.2, 0) is 4.79 Å². The molecule has 2 rings (SSSR count). The molecule has 1 saturated carbocycles. The van der Waals surface area contributed by atoms with Crippen LogP contribution in [0.3, 0.4) is 0 Å². The van der Waals surface area contributed by atoms with Crippen LogP contribution < -0.4 is 4.90 Å². The van der Waals surface area contributed by atoms with Crippen LogP contribution in [0.4, 0.5) is 10.1 Å². The van der Waals surface area contributed by atoms with E-state index in [-0.39, 0.29) is 11.7 Å². The normalized spacial score (nSPS) is 20.6. The molecule has 1 fully saturated rings. The summed E-state index contributed by atoms with van der Waals surface area (Å²) in [5, 5.41) is 0. The molecular formula is C21H30FNO. The molecule has 0 aliphatic heterocycles. The summed E-state index contributed by atoms with van der Waals surface area (Å²) in [5.41, 5.74) is 1.39. The fraction of sp³-hybridized carbons (Fsp3) is 0.571. The van der Waals surface area contributed by atoms with Gasteiger partial charge in [-0.3, -0.25) is 4.79 Å². The van der Waals surface area contributed by atoms with Crippen molar-refractivity contribution in [3.63, 3.8) is 0 Å². The highest BCUT2D eigenvalue weighted by atomic mass is 19.1. The smallest absolute Gasteiger partial charge is 0.250 e. The van der Waals surface area contributed by atoms with Crippen molar-refractivity contribution < 1.29 is 9.18 Å². The first-order chi connectivity index (χ1) is 11.6. The third-order valence-corrected chi connectivity index (χ3v) is 5.38. The number of anilines is 1. The SMILES string of the molecule is C=CC(=O)N(C)c1ccc(C2CCC(CCCCC)CC2)c(F)c1. The highest BCUT2D eigenvalue weighted by Gasteiger charge is 2.24. The summed E-state index contributed by atoms with van der Waals surface area (Å²) in [4.78, 5) is 13.1. The van der Waals surface area contributed by atoms with Crippen molar-refractivity contribution in [3.05, 3.63) is 42.2 Å². The Balaban J connectivity index is 1.96. The van der Waals surface area contributed by atoms with E-state index in [0.29, 0.717) is 11.6 Å². The van der Waals surface area contributed by atoms with E-state index in [0.717, 1.165) is 24.3 Å². The first kappa shape index (κ1) is 18.7. The van der Waals surface area contributed by atoms with E-state index in [1.807, 2.05) is 12.1 Å². The molecule has 1 aromatic carbocycles. The van der Waals surface area contributed by atoms with Crippen molar-refractivity contribution in [1.82, 2.24) is 0 Å². The first-order valence-corrected chi connectivity index (χ1v) is 9.26. The monoisotopic (exact) mass is 331 g/mol. The van der Waals surface area contributed by atoms with Gasteiger partial charge in [-0.1, -0.05) is 45.3 Å². The minimum atomic E-state index is -0.227. The van der Waals surface area contributed by atoms with E-state index in [9.17, 15) is 9.18 Å². The molecule has 0 unspecified atom stereocenters. The summed E-state index contributed by atoms with van der Waals surface area (Å²) < 4.78 is 14.5. The number of benzene rings is 1. The molecule has 1 aliphatic rings. The van der Waals surface area contributed by atoms with E-state index in [1.54, 1.807) is 7.05 Å². The van der Waals surface area contributed by atoms with Crippen LogP contribution in [0.1, 0.15) is 69.8 Å². The van der Waals surface area contributed by atoms with Crippen molar-refractivity contribution in [2.45, 2.75) is 64.2 Å². The Kier molecular flexibility index (Phi) is 7.01. The molecule has 0 radical (unpaired) electrons. The van der Waals surface area contributed by atoms with E-state index in [4.69, 9.17) is 0 Å². The highest BCUT2D eigenvalue weighted by molar-refractivity contribution is 6.00. The lowest BCUT2D eigenvalue weighted by molar-refractivity contribution is -0.113. The van der Waals surface area contributed by atoms with Gasteiger partial charge in [0.15, 0.2) is 0 Å². The zero-order chi connectivity index (χ0) is 17.5. The lowest BCUT2D eigenvalue weighted by Crippen LogP contribution is -2.24. The van der Waals surface area contributed by atoms with E-state index >= 15 is 0 Å². The van der Waals surface area contributed by atoms with Crippen molar-refractivity contribution in [1.29, 1.82) is 0 Å². The number of hydrogen-bond donors (Lipinski definition) is 0. The minimum absolute atomic E-state index is 0.189. The summed E-state index contributed by atoms with van der Waals surface area (Å²) in [6, 6.07) is 5.18. The van der Waals surface area contributed by atoms with Gasteiger partial charge in [-0.05, 0) is 61.3 Å². The number of unbranched alkanes of at least 4 members (excludes halogenated alkanes) is 2. The molecule has 0 aromatic heterocycles. The largest absolute Gasteiger partial charge is 0.312 e. The Hall–Kier alpha value is -1.64. The lowest BCUT2D eigenvalue weighted by Gasteiger charge is -2.29. The molecule has 1 amide bonds.